The van der Waals surface area contributed by atoms with E-state index in [1.165, 1.54) is 24.3 Å². The highest BCUT2D eigenvalue weighted by Gasteiger charge is 2.08. The summed E-state index contributed by atoms with van der Waals surface area (Å²) in [5.41, 5.74) is 1.30. The lowest BCUT2D eigenvalue weighted by Gasteiger charge is -2.06. The molecule has 0 aliphatic rings. The van der Waals surface area contributed by atoms with Gasteiger partial charge in [0.1, 0.15) is 11.5 Å². The second-order valence-corrected chi connectivity index (χ2v) is 5.26. The van der Waals surface area contributed by atoms with Crippen molar-refractivity contribution in [3.8, 4) is 0 Å². The van der Waals surface area contributed by atoms with Crippen LogP contribution in [-0.2, 0) is 6.42 Å². The van der Waals surface area contributed by atoms with Gasteiger partial charge in [-0.15, -0.1) is 10.2 Å². The van der Waals surface area contributed by atoms with E-state index < -0.39 is 0 Å². The second-order valence-electron chi connectivity index (χ2n) is 4.85. The van der Waals surface area contributed by atoms with Crippen molar-refractivity contribution in [1.29, 1.82) is 0 Å². The van der Waals surface area contributed by atoms with Crippen LogP contribution in [0.3, 0.4) is 0 Å². The Morgan fingerprint density at radius 1 is 1.09 bits per heavy atom. The van der Waals surface area contributed by atoms with Crippen molar-refractivity contribution in [3.05, 3.63) is 81.0 Å². The van der Waals surface area contributed by atoms with Gasteiger partial charge in [0.05, 0.1) is 0 Å². The minimum Gasteiger partial charge on any atom is -0.324 e. The van der Waals surface area contributed by atoms with E-state index in [2.05, 4.69) is 20.5 Å². The Balaban J connectivity index is 1.79. The highest BCUT2D eigenvalue weighted by molar-refractivity contribution is 6.31. The lowest BCUT2D eigenvalue weighted by molar-refractivity contribution is 0.628. The molecule has 0 bridgehead atoms. The lowest BCUT2D eigenvalue weighted by Crippen LogP contribution is -2.19. The molecule has 7 heteroatoms. The molecule has 2 aromatic carbocycles. The first kappa shape index (κ1) is 15.2. The smallest absolute Gasteiger partial charge is 0.274 e. The van der Waals surface area contributed by atoms with Gasteiger partial charge in [0.2, 0.25) is 5.95 Å². The maximum atomic E-state index is 12.9. The third-order valence-corrected chi connectivity index (χ3v) is 3.56. The predicted octanol–water partition coefficient (Wildman–Crippen LogP) is 3.29. The molecule has 0 spiro atoms. The van der Waals surface area contributed by atoms with Gasteiger partial charge in [-0.05, 0) is 35.9 Å². The summed E-state index contributed by atoms with van der Waals surface area (Å²) in [5.74, 6) is -0.158. The first-order valence-corrected chi connectivity index (χ1v) is 7.21. The molecule has 0 unspecified atom stereocenters. The van der Waals surface area contributed by atoms with Crippen molar-refractivity contribution >= 4 is 23.2 Å². The van der Waals surface area contributed by atoms with Gasteiger partial charge < -0.3 is 5.32 Å². The van der Waals surface area contributed by atoms with Crippen LogP contribution >= 0.6 is 11.6 Å². The average Bonchev–Trinajstić information content (AvgIpc) is 2.54. The fourth-order valence-corrected chi connectivity index (χ4v) is 2.23. The molecular weight excluding hydrogens is 319 g/mol. The Morgan fingerprint density at radius 2 is 1.83 bits per heavy atom. The maximum Gasteiger partial charge on any atom is 0.274 e. The standard InChI is InChI=1S/C16H12ClFN4O/c17-13-4-2-1-3-10(13)9-14-15(23)20-16(22-21-14)19-12-7-5-11(18)6-8-12/h1-8H,9H2,(H2,19,20,22,23). The fraction of sp³-hybridized carbons (Fsp3) is 0.0625. The van der Waals surface area contributed by atoms with Gasteiger partial charge in [-0.3, -0.25) is 9.78 Å². The molecule has 2 N–H and O–H groups in total. The van der Waals surface area contributed by atoms with Crippen molar-refractivity contribution in [2.45, 2.75) is 6.42 Å². The normalized spacial score (nSPS) is 10.5. The summed E-state index contributed by atoms with van der Waals surface area (Å²) in [5, 5.41) is 11.3. The number of nitrogens with zero attached hydrogens (tertiary/aromatic N) is 2. The molecule has 5 nitrogen and oxygen atoms in total. The van der Waals surface area contributed by atoms with Crippen LogP contribution in [0.5, 0.6) is 0 Å². The number of rotatable bonds is 4. The van der Waals surface area contributed by atoms with E-state index in [1.807, 2.05) is 18.2 Å². The van der Waals surface area contributed by atoms with E-state index in [0.29, 0.717) is 17.1 Å². The molecule has 0 fully saturated rings. The van der Waals surface area contributed by atoms with Gasteiger partial charge in [-0.1, -0.05) is 29.8 Å². The van der Waals surface area contributed by atoms with Gasteiger partial charge in [0.25, 0.3) is 5.56 Å². The number of benzene rings is 2. The Kier molecular flexibility index (Phi) is 4.34. The Labute approximate surface area is 136 Å². The number of aromatic nitrogens is 3. The molecule has 23 heavy (non-hydrogen) atoms. The number of anilines is 2. The molecule has 0 saturated heterocycles. The first-order chi connectivity index (χ1) is 11.1. The largest absolute Gasteiger partial charge is 0.324 e. The number of hydrogen-bond acceptors (Lipinski definition) is 4. The molecule has 1 heterocycles. The van der Waals surface area contributed by atoms with Crippen LogP contribution in [0, 0.1) is 5.82 Å². The summed E-state index contributed by atoms with van der Waals surface area (Å²) < 4.78 is 12.9. The van der Waals surface area contributed by atoms with Gasteiger partial charge in [-0.2, -0.15) is 0 Å². The zero-order chi connectivity index (χ0) is 16.2. The van der Waals surface area contributed by atoms with Crippen molar-refractivity contribution < 1.29 is 4.39 Å². The number of aromatic amines is 1. The van der Waals surface area contributed by atoms with Crippen molar-refractivity contribution in [2.75, 3.05) is 5.32 Å². The van der Waals surface area contributed by atoms with E-state index in [4.69, 9.17) is 11.6 Å². The zero-order valence-corrected chi connectivity index (χ0v) is 12.6. The van der Waals surface area contributed by atoms with Crippen LogP contribution in [0.25, 0.3) is 0 Å². The molecule has 3 rings (SSSR count). The van der Waals surface area contributed by atoms with Crippen LogP contribution in [0.15, 0.2) is 53.3 Å². The molecule has 0 radical (unpaired) electrons. The van der Waals surface area contributed by atoms with Crippen molar-refractivity contribution in [3.63, 3.8) is 0 Å². The van der Waals surface area contributed by atoms with Crippen LogP contribution in [-0.4, -0.2) is 15.2 Å². The zero-order valence-electron chi connectivity index (χ0n) is 11.9. The molecule has 0 saturated carbocycles. The van der Waals surface area contributed by atoms with Crippen LogP contribution in [0.4, 0.5) is 16.0 Å². The summed E-state index contributed by atoms with van der Waals surface area (Å²) in [4.78, 5) is 14.7. The van der Waals surface area contributed by atoms with Crippen LogP contribution < -0.4 is 10.9 Å². The van der Waals surface area contributed by atoms with Gasteiger partial charge in [0, 0.05) is 17.1 Å². The van der Waals surface area contributed by atoms with Gasteiger partial charge in [0.15, 0.2) is 0 Å². The van der Waals surface area contributed by atoms with Crippen molar-refractivity contribution in [2.24, 2.45) is 0 Å². The molecule has 0 amide bonds. The summed E-state index contributed by atoms with van der Waals surface area (Å²) in [7, 11) is 0. The van der Waals surface area contributed by atoms with E-state index in [-0.39, 0.29) is 23.0 Å². The summed E-state index contributed by atoms with van der Waals surface area (Å²) >= 11 is 6.07. The maximum absolute atomic E-state index is 12.9. The summed E-state index contributed by atoms with van der Waals surface area (Å²) in [6, 6.07) is 12.9. The number of halogens is 2. The van der Waals surface area contributed by atoms with Gasteiger partial charge in [-0.25, -0.2) is 4.39 Å². The summed E-state index contributed by atoms with van der Waals surface area (Å²) in [6.45, 7) is 0. The SMILES string of the molecule is O=c1[nH]c(Nc2ccc(F)cc2)nnc1Cc1ccccc1Cl. The monoisotopic (exact) mass is 330 g/mol. The second kappa shape index (κ2) is 6.58. The highest BCUT2D eigenvalue weighted by atomic mass is 35.5. The number of H-pyrrole nitrogens is 1. The fourth-order valence-electron chi connectivity index (χ4n) is 2.02. The highest BCUT2D eigenvalue weighted by Crippen LogP contribution is 2.17. The molecule has 0 aliphatic heterocycles. The molecule has 0 aliphatic carbocycles. The first-order valence-electron chi connectivity index (χ1n) is 6.84. The number of nitrogens with one attached hydrogen (secondary N) is 2. The van der Waals surface area contributed by atoms with Crippen molar-refractivity contribution in [1.82, 2.24) is 15.2 Å². The molecule has 3 aromatic rings. The molecule has 116 valence electrons. The Hall–Kier alpha value is -2.73. The average molecular weight is 331 g/mol. The molecule has 1 aromatic heterocycles. The Bertz CT molecular complexity index is 880. The third-order valence-electron chi connectivity index (χ3n) is 3.19. The minimum atomic E-state index is -0.357. The third kappa shape index (κ3) is 3.73. The topological polar surface area (TPSA) is 70.7 Å². The minimum absolute atomic E-state index is 0.185. The van der Waals surface area contributed by atoms with E-state index in [9.17, 15) is 9.18 Å². The van der Waals surface area contributed by atoms with E-state index >= 15 is 0 Å². The van der Waals surface area contributed by atoms with E-state index in [1.54, 1.807) is 6.07 Å². The van der Waals surface area contributed by atoms with E-state index in [0.717, 1.165) is 5.56 Å². The molecular formula is C16H12ClFN4O. The van der Waals surface area contributed by atoms with Crippen LogP contribution in [0.1, 0.15) is 11.3 Å². The Morgan fingerprint density at radius 3 is 2.52 bits per heavy atom. The molecule has 0 atom stereocenters. The lowest BCUT2D eigenvalue weighted by atomic mass is 10.1. The number of hydrogen-bond donors (Lipinski definition) is 2. The van der Waals surface area contributed by atoms with Gasteiger partial charge >= 0.3 is 0 Å². The predicted molar refractivity (Wildman–Crippen MR) is 86.6 cm³/mol. The van der Waals surface area contributed by atoms with Crippen LogP contribution in [0.2, 0.25) is 5.02 Å². The summed E-state index contributed by atoms with van der Waals surface area (Å²) in [6.07, 6.45) is 0.291. The quantitative estimate of drug-likeness (QED) is 0.770.